The van der Waals surface area contributed by atoms with Gasteiger partial charge in [0.2, 0.25) is 0 Å². The minimum Gasteiger partial charge on any atom is -0.496 e. The number of amides is 1. The fourth-order valence-electron chi connectivity index (χ4n) is 3.94. The Bertz CT molecular complexity index is 809. The summed E-state index contributed by atoms with van der Waals surface area (Å²) in [5.41, 5.74) is 3.63. The van der Waals surface area contributed by atoms with E-state index in [4.69, 9.17) is 9.47 Å². The van der Waals surface area contributed by atoms with Crippen LogP contribution in [-0.2, 0) is 11.3 Å². The van der Waals surface area contributed by atoms with Crippen LogP contribution in [0.25, 0.3) is 0 Å². The number of fused-ring (bicyclic) bond motifs is 3. The van der Waals surface area contributed by atoms with Crippen LogP contribution in [0.1, 0.15) is 20.9 Å². The van der Waals surface area contributed by atoms with Crippen molar-refractivity contribution in [2.45, 2.75) is 19.5 Å². The maximum absolute atomic E-state index is 13.2. The van der Waals surface area contributed by atoms with Gasteiger partial charge < -0.3 is 14.4 Å². The molecule has 0 spiro atoms. The van der Waals surface area contributed by atoms with E-state index in [1.165, 1.54) is 4.88 Å². The number of hydrogen-bond acceptors (Lipinski definition) is 6. The third-order valence-electron chi connectivity index (χ3n) is 5.40. The average molecular weight is 388 g/mol. The fourth-order valence-corrected chi connectivity index (χ4v) is 4.74. The van der Waals surface area contributed by atoms with E-state index >= 15 is 0 Å². The first-order chi connectivity index (χ1) is 13.2. The highest BCUT2D eigenvalue weighted by Gasteiger charge is 2.36. The van der Waals surface area contributed by atoms with Crippen LogP contribution >= 0.6 is 11.3 Å². The number of carbonyl (C=O) groups excluding carboxylic acids is 1. The number of rotatable bonds is 4. The number of benzene rings is 1. The molecular weight excluding hydrogens is 362 g/mol. The minimum atomic E-state index is 0.0418. The maximum atomic E-state index is 13.2. The van der Waals surface area contributed by atoms with Crippen LogP contribution in [0.5, 0.6) is 5.75 Å². The average Bonchev–Trinajstić information content (AvgIpc) is 2.88. The summed E-state index contributed by atoms with van der Waals surface area (Å²) in [6, 6.07) is 7.65. The molecule has 0 unspecified atom stereocenters. The van der Waals surface area contributed by atoms with Crippen LogP contribution in [0.4, 0.5) is 0 Å². The SMILES string of the molecule is COc1ccccc1C(=O)N1C[C@@H]2COC[C@H](C1)N(Cc1scnc1C)C2. The predicted octanol–water partition coefficient (Wildman–Crippen LogP) is 2.43. The van der Waals surface area contributed by atoms with Crippen molar-refractivity contribution < 1.29 is 14.3 Å². The van der Waals surface area contributed by atoms with Gasteiger partial charge in [0.1, 0.15) is 5.75 Å². The van der Waals surface area contributed by atoms with Crippen LogP contribution < -0.4 is 4.74 Å². The highest BCUT2D eigenvalue weighted by atomic mass is 32.1. The summed E-state index contributed by atoms with van der Waals surface area (Å²) in [7, 11) is 1.61. The van der Waals surface area contributed by atoms with Crippen LogP contribution in [0.2, 0.25) is 0 Å². The molecule has 2 atom stereocenters. The van der Waals surface area contributed by atoms with Gasteiger partial charge in [-0.25, -0.2) is 4.98 Å². The van der Waals surface area contributed by atoms with Gasteiger partial charge in [0.15, 0.2) is 0 Å². The first kappa shape index (κ1) is 18.4. The molecule has 2 bridgehead atoms. The number of para-hydroxylation sites is 1. The topological polar surface area (TPSA) is 54.9 Å². The van der Waals surface area contributed by atoms with Gasteiger partial charge in [-0.15, -0.1) is 11.3 Å². The Morgan fingerprint density at radius 1 is 1.30 bits per heavy atom. The molecule has 144 valence electrons. The fraction of sp³-hybridized carbons (Fsp3) is 0.500. The van der Waals surface area contributed by atoms with Crippen LogP contribution in [0.15, 0.2) is 29.8 Å². The lowest BCUT2D eigenvalue weighted by atomic mass is 10.1. The Kier molecular flexibility index (Phi) is 5.43. The summed E-state index contributed by atoms with van der Waals surface area (Å²) in [4.78, 5) is 23.3. The first-order valence-corrected chi connectivity index (χ1v) is 10.2. The standard InChI is InChI=1S/C20H25N3O3S/c1-14-19(27-13-21-14)10-22-7-15-8-23(9-16(22)12-26-11-15)20(24)17-5-3-4-6-18(17)25-2/h3-6,13,15-16H,7-12H2,1-2H3/t15-,16+/m1/s1. The molecule has 0 aliphatic carbocycles. The Hall–Kier alpha value is -1.96. The van der Waals surface area contributed by atoms with Gasteiger partial charge >= 0.3 is 0 Å². The third kappa shape index (κ3) is 3.85. The highest BCUT2D eigenvalue weighted by Crippen LogP contribution is 2.26. The third-order valence-corrected chi connectivity index (χ3v) is 6.32. The van der Waals surface area contributed by atoms with Crippen LogP contribution in [-0.4, -0.2) is 66.7 Å². The molecule has 2 aliphatic heterocycles. The number of methoxy groups -OCH3 is 1. The molecule has 0 saturated carbocycles. The van der Waals surface area contributed by atoms with Crippen molar-refractivity contribution in [3.05, 3.63) is 45.9 Å². The number of aromatic nitrogens is 1. The van der Waals surface area contributed by atoms with E-state index in [0.717, 1.165) is 18.8 Å². The van der Waals surface area contributed by atoms with Crippen molar-refractivity contribution in [1.82, 2.24) is 14.8 Å². The van der Waals surface area contributed by atoms with Gasteiger partial charge in [-0.1, -0.05) is 12.1 Å². The summed E-state index contributed by atoms with van der Waals surface area (Å²) >= 11 is 1.70. The van der Waals surface area contributed by atoms with E-state index in [2.05, 4.69) is 16.8 Å². The Morgan fingerprint density at radius 3 is 2.93 bits per heavy atom. The predicted molar refractivity (Wildman–Crippen MR) is 104 cm³/mol. The van der Waals surface area contributed by atoms with Crippen LogP contribution in [0, 0.1) is 12.8 Å². The summed E-state index contributed by atoms with van der Waals surface area (Å²) in [5.74, 6) is 0.981. The molecule has 3 heterocycles. The van der Waals surface area contributed by atoms with Crippen molar-refractivity contribution in [2.24, 2.45) is 5.92 Å². The number of aryl methyl sites for hydroxylation is 1. The van der Waals surface area contributed by atoms with E-state index in [0.29, 0.717) is 43.5 Å². The smallest absolute Gasteiger partial charge is 0.257 e. The van der Waals surface area contributed by atoms with Crippen molar-refractivity contribution in [3.8, 4) is 5.75 Å². The lowest BCUT2D eigenvalue weighted by Crippen LogP contribution is -2.45. The number of nitrogens with zero attached hydrogens (tertiary/aromatic N) is 3. The second-order valence-electron chi connectivity index (χ2n) is 7.26. The molecule has 2 aliphatic rings. The highest BCUT2D eigenvalue weighted by molar-refractivity contribution is 7.09. The zero-order chi connectivity index (χ0) is 18.8. The van der Waals surface area contributed by atoms with Crippen molar-refractivity contribution in [2.75, 3.05) is 40.0 Å². The largest absolute Gasteiger partial charge is 0.496 e. The lowest BCUT2D eigenvalue weighted by Gasteiger charge is -2.31. The van der Waals surface area contributed by atoms with Crippen molar-refractivity contribution >= 4 is 17.2 Å². The van der Waals surface area contributed by atoms with Gasteiger partial charge in [-0.2, -0.15) is 0 Å². The molecule has 1 aromatic carbocycles. The molecule has 4 rings (SSSR count). The molecule has 27 heavy (non-hydrogen) atoms. The molecule has 2 fully saturated rings. The number of hydrogen-bond donors (Lipinski definition) is 0. The quantitative estimate of drug-likeness (QED) is 0.807. The van der Waals surface area contributed by atoms with Gasteiger partial charge in [-0.3, -0.25) is 9.69 Å². The molecule has 1 aromatic heterocycles. The molecule has 0 radical (unpaired) electrons. The van der Waals surface area contributed by atoms with Gasteiger partial charge in [0, 0.05) is 37.0 Å². The van der Waals surface area contributed by atoms with Crippen LogP contribution in [0.3, 0.4) is 0 Å². The van der Waals surface area contributed by atoms with Gasteiger partial charge in [-0.05, 0) is 19.1 Å². The van der Waals surface area contributed by atoms with E-state index < -0.39 is 0 Å². The van der Waals surface area contributed by atoms with E-state index in [-0.39, 0.29) is 11.9 Å². The Labute approximate surface area is 163 Å². The minimum absolute atomic E-state index is 0.0418. The molecule has 7 heteroatoms. The first-order valence-electron chi connectivity index (χ1n) is 9.28. The summed E-state index contributed by atoms with van der Waals surface area (Å²) in [6.07, 6.45) is 0. The molecule has 6 nitrogen and oxygen atoms in total. The second kappa shape index (κ2) is 7.96. The number of thiazole rings is 1. The lowest BCUT2D eigenvalue weighted by molar-refractivity contribution is 0.0405. The normalized spacial score (nSPS) is 23.1. The Morgan fingerprint density at radius 2 is 2.15 bits per heavy atom. The zero-order valence-electron chi connectivity index (χ0n) is 15.8. The summed E-state index contributed by atoms with van der Waals surface area (Å²) in [5, 5.41) is 0. The van der Waals surface area contributed by atoms with E-state index in [1.54, 1.807) is 18.4 Å². The molecule has 2 aromatic rings. The number of carbonyl (C=O) groups is 1. The monoisotopic (exact) mass is 387 g/mol. The molecule has 2 saturated heterocycles. The van der Waals surface area contributed by atoms with Gasteiger partial charge in [0.25, 0.3) is 5.91 Å². The number of ether oxygens (including phenoxy) is 2. The summed E-state index contributed by atoms with van der Waals surface area (Å²) < 4.78 is 11.3. The zero-order valence-corrected chi connectivity index (χ0v) is 16.6. The van der Waals surface area contributed by atoms with E-state index in [9.17, 15) is 4.79 Å². The Balaban J connectivity index is 1.56. The second-order valence-corrected chi connectivity index (χ2v) is 8.20. The molecular formula is C20H25N3O3S. The molecule has 0 N–H and O–H groups in total. The molecule has 1 amide bonds. The van der Waals surface area contributed by atoms with Gasteiger partial charge in [0.05, 0.1) is 43.1 Å². The summed E-state index contributed by atoms with van der Waals surface area (Å²) in [6.45, 7) is 6.62. The van der Waals surface area contributed by atoms with E-state index in [1.807, 2.05) is 34.7 Å². The van der Waals surface area contributed by atoms with Crippen molar-refractivity contribution in [3.63, 3.8) is 0 Å². The van der Waals surface area contributed by atoms with Crippen molar-refractivity contribution in [1.29, 1.82) is 0 Å². The maximum Gasteiger partial charge on any atom is 0.257 e.